The molecule has 0 saturated heterocycles. The van der Waals surface area contributed by atoms with Gasteiger partial charge in [-0.15, -0.1) is 0 Å². The Morgan fingerprint density at radius 2 is 1.92 bits per heavy atom. The van der Waals surface area contributed by atoms with Crippen molar-refractivity contribution in [3.8, 4) is 0 Å². The van der Waals surface area contributed by atoms with E-state index in [1.807, 2.05) is 0 Å². The van der Waals surface area contributed by atoms with Crippen molar-refractivity contribution < 1.29 is 17.2 Å². The van der Waals surface area contributed by atoms with Crippen molar-refractivity contribution in [3.05, 3.63) is 0 Å². The van der Waals surface area contributed by atoms with Gasteiger partial charge in [-0.3, -0.25) is 4.55 Å². The average molecular weight is 196 g/mol. The molecule has 0 aromatic rings. The first kappa shape index (κ1) is 11.9. The Morgan fingerprint density at radius 1 is 1.33 bits per heavy atom. The molecule has 1 N–H and O–H groups in total. The zero-order chi connectivity index (χ0) is 9.61. The fourth-order valence-corrected chi connectivity index (χ4v) is 1.15. The quantitative estimate of drug-likeness (QED) is 0.518. The molecule has 0 rings (SSSR count). The highest BCUT2D eigenvalue weighted by molar-refractivity contribution is 7.80. The van der Waals surface area contributed by atoms with Crippen molar-refractivity contribution in [3.63, 3.8) is 0 Å². The molecule has 12 heavy (non-hydrogen) atoms. The standard InChI is InChI=1S/C7H16O4S/c1-7(2)5-3-4-6-11-12(8,9)10/h7H,3-6H2,1-2H3,(H,8,9,10). The summed E-state index contributed by atoms with van der Waals surface area (Å²) in [5, 5.41) is 0. The fraction of sp³-hybridized carbons (Fsp3) is 1.00. The smallest absolute Gasteiger partial charge is 0.264 e. The molecule has 0 bridgehead atoms. The number of rotatable bonds is 6. The van der Waals surface area contributed by atoms with E-state index in [1.165, 1.54) is 0 Å². The summed E-state index contributed by atoms with van der Waals surface area (Å²) in [5.41, 5.74) is 0. The van der Waals surface area contributed by atoms with Crippen LogP contribution in [0.2, 0.25) is 0 Å². The summed E-state index contributed by atoms with van der Waals surface area (Å²) in [7, 11) is -4.22. The van der Waals surface area contributed by atoms with Gasteiger partial charge in [-0.25, -0.2) is 4.18 Å². The molecule has 0 unspecified atom stereocenters. The molecule has 0 fully saturated rings. The summed E-state index contributed by atoms with van der Waals surface area (Å²) >= 11 is 0. The van der Waals surface area contributed by atoms with E-state index >= 15 is 0 Å². The molecular weight excluding hydrogens is 180 g/mol. The minimum absolute atomic E-state index is 0.0750. The molecule has 4 nitrogen and oxygen atoms in total. The van der Waals surface area contributed by atoms with Gasteiger partial charge in [0.15, 0.2) is 0 Å². The van der Waals surface area contributed by atoms with Gasteiger partial charge in [0.25, 0.3) is 0 Å². The van der Waals surface area contributed by atoms with E-state index in [1.54, 1.807) is 0 Å². The van der Waals surface area contributed by atoms with Gasteiger partial charge < -0.3 is 0 Å². The van der Waals surface area contributed by atoms with E-state index in [-0.39, 0.29) is 6.61 Å². The topological polar surface area (TPSA) is 63.6 Å². The molecule has 0 heterocycles. The zero-order valence-corrected chi connectivity index (χ0v) is 8.30. The van der Waals surface area contributed by atoms with Gasteiger partial charge in [0.1, 0.15) is 0 Å². The molecule has 0 aliphatic carbocycles. The second-order valence-corrected chi connectivity index (χ2v) is 4.23. The second-order valence-electron chi connectivity index (χ2n) is 3.14. The summed E-state index contributed by atoms with van der Waals surface area (Å²) < 4.78 is 32.4. The summed E-state index contributed by atoms with van der Waals surface area (Å²) in [4.78, 5) is 0. The molecule has 0 aromatic carbocycles. The van der Waals surface area contributed by atoms with Crippen LogP contribution < -0.4 is 0 Å². The molecule has 0 saturated carbocycles. The van der Waals surface area contributed by atoms with Crippen LogP contribution in [0.5, 0.6) is 0 Å². The third-order valence-corrected chi connectivity index (χ3v) is 1.87. The van der Waals surface area contributed by atoms with Crippen molar-refractivity contribution in [1.29, 1.82) is 0 Å². The minimum atomic E-state index is -4.22. The molecule has 5 heteroatoms. The molecule has 0 aliphatic rings. The van der Waals surface area contributed by atoms with E-state index in [4.69, 9.17) is 4.55 Å². The Morgan fingerprint density at radius 3 is 2.33 bits per heavy atom. The predicted octanol–water partition coefficient (Wildman–Crippen LogP) is 1.63. The van der Waals surface area contributed by atoms with E-state index in [9.17, 15) is 8.42 Å². The maximum Gasteiger partial charge on any atom is 0.397 e. The van der Waals surface area contributed by atoms with Crippen molar-refractivity contribution in [2.45, 2.75) is 33.1 Å². The Hall–Kier alpha value is -0.130. The molecule has 74 valence electrons. The SMILES string of the molecule is CC(C)CCCCOS(=O)(=O)O. The van der Waals surface area contributed by atoms with Crippen molar-refractivity contribution in [1.82, 2.24) is 0 Å². The highest BCUT2D eigenvalue weighted by Crippen LogP contribution is 2.06. The number of hydrogen-bond acceptors (Lipinski definition) is 3. The van der Waals surface area contributed by atoms with Gasteiger partial charge in [0.2, 0.25) is 0 Å². The lowest BCUT2D eigenvalue weighted by molar-refractivity contribution is 0.260. The first-order valence-corrected chi connectivity index (χ1v) is 5.40. The van der Waals surface area contributed by atoms with Gasteiger partial charge in [-0.2, -0.15) is 8.42 Å². The molecule has 0 aromatic heterocycles. The summed E-state index contributed by atoms with van der Waals surface area (Å²) in [6.07, 6.45) is 2.64. The molecular formula is C7H16O4S. The van der Waals surface area contributed by atoms with Crippen LogP contribution in [0.3, 0.4) is 0 Å². The third-order valence-electron chi connectivity index (χ3n) is 1.41. The van der Waals surface area contributed by atoms with E-state index in [0.717, 1.165) is 12.8 Å². The van der Waals surface area contributed by atoms with Gasteiger partial charge in [-0.05, 0) is 12.3 Å². The molecule has 0 amide bonds. The molecule has 0 spiro atoms. The lowest BCUT2D eigenvalue weighted by atomic mass is 10.1. The second kappa shape index (κ2) is 5.50. The van der Waals surface area contributed by atoms with Crippen LogP contribution in [0.25, 0.3) is 0 Å². The van der Waals surface area contributed by atoms with E-state index in [2.05, 4.69) is 18.0 Å². The van der Waals surface area contributed by atoms with Crippen LogP contribution in [-0.2, 0) is 14.6 Å². The highest BCUT2D eigenvalue weighted by atomic mass is 32.3. The first-order valence-electron chi connectivity index (χ1n) is 4.03. The third kappa shape index (κ3) is 9.87. The van der Waals surface area contributed by atoms with Crippen molar-refractivity contribution >= 4 is 10.4 Å². The number of unbranched alkanes of at least 4 members (excludes halogenated alkanes) is 1. The summed E-state index contributed by atoms with van der Waals surface area (Å²) in [5.74, 6) is 0.621. The minimum Gasteiger partial charge on any atom is -0.264 e. The Balaban J connectivity index is 3.23. The lowest BCUT2D eigenvalue weighted by Crippen LogP contribution is -2.04. The van der Waals surface area contributed by atoms with Gasteiger partial charge in [-0.1, -0.05) is 26.7 Å². The predicted molar refractivity (Wildman–Crippen MR) is 46.2 cm³/mol. The van der Waals surface area contributed by atoms with Crippen LogP contribution in [0.15, 0.2) is 0 Å². The van der Waals surface area contributed by atoms with Crippen LogP contribution in [0, 0.1) is 5.92 Å². The zero-order valence-electron chi connectivity index (χ0n) is 7.49. The monoisotopic (exact) mass is 196 g/mol. The van der Waals surface area contributed by atoms with Crippen LogP contribution >= 0.6 is 0 Å². The molecule has 0 radical (unpaired) electrons. The highest BCUT2D eigenvalue weighted by Gasteiger charge is 2.02. The summed E-state index contributed by atoms with van der Waals surface area (Å²) in [6, 6.07) is 0. The first-order chi connectivity index (χ1) is 5.42. The fourth-order valence-electron chi connectivity index (χ4n) is 0.819. The van der Waals surface area contributed by atoms with Crippen molar-refractivity contribution in [2.75, 3.05) is 6.61 Å². The van der Waals surface area contributed by atoms with Gasteiger partial charge in [0, 0.05) is 0 Å². The van der Waals surface area contributed by atoms with Crippen LogP contribution in [0.4, 0.5) is 0 Å². The van der Waals surface area contributed by atoms with Gasteiger partial charge >= 0.3 is 10.4 Å². The maximum absolute atomic E-state index is 10.1. The number of hydrogen-bond donors (Lipinski definition) is 1. The van der Waals surface area contributed by atoms with E-state index < -0.39 is 10.4 Å². The van der Waals surface area contributed by atoms with Crippen molar-refractivity contribution in [2.24, 2.45) is 5.92 Å². The maximum atomic E-state index is 10.1. The average Bonchev–Trinajstić information content (AvgIpc) is 1.83. The largest absolute Gasteiger partial charge is 0.397 e. The normalized spacial score (nSPS) is 12.3. The molecule has 0 atom stereocenters. The summed E-state index contributed by atoms with van der Waals surface area (Å²) in [6.45, 7) is 4.28. The van der Waals surface area contributed by atoms with Gasteiger partial charge in [0.05, 0.1) is 6.61 Å². The lowest BCUT2D eigenvalue weighted by Gasteiger charge is -2.03. The molecule has 0 aliphatic heterocycles. The van der Waals surface area contributed by atoms with E-state index in [0.29, 0.717) is 12.3 Å². The Labute approximate surface area is 73.9 Å². The Bertz CT molecular complexity index is 195. The van der Waals surface area contributed by atoms with Crippen LogP contribution in [-0.4, -0.2) is 19.6 Å². The Kier molecular flexibility index (Phi) is 5.44. The van der Waals surface area contributed by atoms with Crippen LogP contribution in [0.1, 0.15) is 33.1 Å².